The van der Waals surface area contributed by atoms with Crippen LogP contribution in [-0.4, -0.2) is 23.7 Å². The molecule has 1 aromatic carbocycles. The molecule has 0 bridgehead atoms. The van der Waals surface area contributed by atoms with E-state index < -0.39 is 5.97 Å². The lowest BCUT2D eigenvalue weighted by Crippen LogP contribution is -2.37. The van der Waals surface area contributed by atoms with Crippen LogP contribution in [0.5, 0.6) is 5.75 Å². The number of carbonyl (C=O) groups is 1. The molecule has 2 aliphatic rings. The number of nitrogens with one attached hydrogen (secondary N) is 1. The van der Waals surface area contributed by atoms with Crippen LogP contribution >= 0.6 is 0 Å². The molecule has 1 aliphatic heterocycles. The van der Waals surface area contributed by atoms with Crippen molar-refractivity contribution in [2.24, 2.45) is 5.92 Å². The van der Waals surface area contributed by atoms with Gasteiger partial charge in [0.2, 0.25) is 0 Å². The highest BCUT2D eigenvalue weighted by Gasteiger charge is 2.29. The van der Waals surface area contributed by atoms with Gasteiger partial charge in [-0.2, -0.15) is 0 Å². The summed E-state index contributed by atoms with van der Waals surface area (Å²) in [6.07, 6.45) is 5.08. The van der Waals surface area contributed by atoms with Crippen LogP contribution in [0, 0.1) is 5.92 Å². The standard InChI is InChI=1S/C14H17NO3/c16-14(17)10-5-6-13-11(7-10)15-12(8-18-13)9-3-1-2-4-9/h5-7,9,12,15H,1-4,8H2,(H,16,17). The zero-order valence-corrected chi connectivity index (χ0v) is 10.2. The Morgan fingerprint density at radius 3 is 2.83 bits per heavy atom. The van der Waals surface area contributed by atoms with Gasteiger partial charge < -0.3 is 15.2 Å². The number of rotatable bonds is 2. The number of hydrogen-bond acceptors (Lipinski definition) is 3. The third-order valence-corrected chi connectivity index (χ3v) is 3.95. The fourth-order valence-corrected chi connectivity index (χ4v) is 2.94. The Morgan fingerprint density at radius 2 is 2.11 bits per heavy atom. The van der Waals surface area contributed by atoms with E-state index in [0.717, 1.165) is 11.4 Å². The van der Waals surface area contributed by atoms with Crippen molar-refractivity contribution in [2.75, 3.05) is 11.9 Å². The topological polar surface area (TPSA) is 58.6 Å². The molecule has 4 nitrogen and oxygen atoms in total. The minimum Gasteiger partial charge on any atom is -0.489 e. The Kier molecular flexibility index (Phi) is 2.86. The molecule has 1 atom stereocenters. The number of anilines is 1. The van der Waals surface area contributed by atoms with Gasteiger partial charge in [-0.1, -0.05) is 12.8 Å². The summed E-state index contributed by atoms with van der Waals surface area (Å²) in [7, 11) is 0. The van der Waals surface area contributed by atoms with Crippen molar-refractivity contribution in [3.8, 4) is 5.75 Å². The molecule has 0 aromatic heterocycles. The fraction of sp³-hybridized carbons (Fsp3) is 0.500. The monoisotopic (exact) mass is 247 g/mol. The first kappa shape index (κ1) is 11.4. The molecule has 3 rings (SSSR count). The molecule has 18 heavy (non-hydrogen) atoms. The highest BCUT2D eigenvalue weighted by Crippen LogP contribution is 2.36. The summed E-state index contributed by atoms with van der Waals surface area (Å²) in [6, 6.07) is 5.30. The molecule has 1 fully saturated rings. The molecule has 1 aliphatic carbocycles. The van der Waals surface area contributed by atoms with Gasteiger partial charge in [0, 0.05) is 0 Å². The van der Waals surface area contributed by atoms with Crippen LogP contribution in [0.1, 0.15) is 36.0 Å². The Hall–Kier alpha value is -1.71. The summed E-state index contributed by atoms with van der Waals surface area (Å²) in [5.74, 6) is 0.517. The van der Waals surface area contributed by atoms with Gasteiger partial charge in [-0.3, -0.25) is 0 Å². The summed E-state index contributed by atoms with van der Waals surface area (Å²) in [5, 5.41) is 12.4. The molecule has 1 unspecified atom stereocenters. The number of carboxylic acid groups (broad SMARTS) is 1. The van der Waals surface area contributed by atoms with E-state index in [1.54, 1.807) is 18.2 Å². The molecule has 0 amide bonds. The van der Waals surface area contributed by atoms with E-state index in [1.165, 1.54) is 25.7 Å². The Balaban J connectivity index is 1.81. The van der Waals surface area contributed by atoms with Gasteiger partial charge in [0.15, 0.2) is 0 Å². The maximum atomic E-state index is 11.0. The number of ether oxygens (including phenoxy) is 1. The molecular weight excluding hydrogens is 230 g/mol. The molecule has 1 saturated carbocycles. The maximum absolute atomic E-state index is 11.0. The van der Waals surface area contributed by atoms with Crippen LogP contribution < -0.4 is 10.1 Å². The second kappa shape index (κ2) is 4.52. The number of benzene rings is 1. The van der Waals surface area contributed by atoms with Crippen molar-refractivity contribution in [3.63, 3.8) is 0 Å². The second-order valence-electron chi connectivity index (χ2n) is 5.12. The molecular formula is C14H17NO3. The van der Waals surface area contributed by atoms with Crippen LogP contribution in [0.3, 0.4) is 0 Å². The van der Waals surface area contributed by atoms with Crippen molar-refractivity contribution >= 4 is 11.7 Å². The summed E-state index contributed by atoms with van der Waals surface area (Å²) in [6.45, 7) is 0.685. The van der Waals surface area contributed by atoms with E-state index in [0.29, 0.717) is 24.1 Å². The molecule has 4 heteroatoms. The van der Waals surface area contributed by atoms with Crippen molar-refractivity contribution < 1.29 is 14.6 Å². The van der Waals surface area contributed by atoms with E-state index in [-0.39, 0.29) is 0 Å². The number of carboxylic acids is 1. The first-order valence-electron chi connectivity index (χ1n) is 6.51. The normalized spacial score (nSPS) is 23.0. The third-order valence-electron chi connectivity index (χ3n) is 3.95. The number of aromatic carboxylic acids is 1. The first-order chi connectivity index (χ1) is 8.74. The van der Waals surface area contributed by atoms with E-state index in [1.807, 2.05) is 0 Å². The SMILES string of the molecule is O=C(O)c1ccc2c(c1)NC(C1CCCC1)CO2. The van der Waals surface area contributed by atoms with Gasteiger partial charge in [0.05, 0.1) is 17.3 Å². The van der Waals surface area contributed by atoms with Gasteiger partial charge in [-0.05, 0) is 37.0 Å². The minimum atomic E-state index is -0.900. The van der Waals surface area contributed by atoms with E-state index >= 15 is 0 Å². The maximum Gasteiger partial charge on any atom is 0.335 e. The molecule has 96 valence electrons. The van der Waals surface area contributed by atoms with Crippen molar-refractivity contribution in [1.82, 2.24) is 0 Å². The van der Waals surface area contributed by atoms with Crippen molar-refractivity contribution in [3.05, 3.63) is 23.8 Å². The molecule has 0 spiro atoms. The lowest BCUT2D eigenvalue weighted by molar-refractivity contribution is 0.0697. The first-order valence-corrected chi connectivity index (χ1v) is 6.51. The van der Waals surface area contributed by atoms with Gasteiger partial charge in [-0.25, -0.2) is 4.79 Å². The van der Waals surface area contributed by atoms with E-state index in [4.69, 9.17) is 9.84 Å². The van der Waals surface area contributed by atoms with Crippen LogP contribution in [0.15, 0.2) is 18.2 Å². The fourth-order valence-electron chi connectivity index (χ4n) is 2.94. The second-order valence-corrected chi connectivity index (χ2v) is 5.12. The van der Waals surface area contributed by atoms with Crippen molar-refractivity contribution in [2.45, 2.75) is 31.7 Å². The quantitative estimate of drug-likeness (QED) is 0.843. The number of fused-ring (bicyclic) bond motifs is 1. The summed E-state index contributed by atoms with van der Waals surface area (Å²) in [5.41, 5.74) is 1.12. The summed E-state index contributed by atoms with van der Waals surface area (Å²) >= 11 is 0. The van der Waals surface area contributed by atoms with Crippen LogP contribution in [0.4, 0.5) is 5.69 Å². The van der Waals surface area contributed by atoms with Crippen LogP contribution in [0.2, 0.25) is 0 Å². The predicted octanol–water partition coefficient (Wildman–Crippen LogP) is 2.75. The zero-order valence-electron chi connectivity index (χ0n) is 10.2. The van der Waals surface area contributed by atoms with E-state index in [2.05, 4.69) is 5.32 Å². The average molecular weight is 247 g/mol. The predicted molar refractivity (Wildman–Crippen MR) is 68.3 cm³/mol. The number of hydrogen-bond donors (Lipinski definition) is 2. The van der Waals surface area contributed by atoms with Gasteiger partial charge in [0.1, 0.15) is 12.4 Å². The molecule has 0 saturated heterocycles. The van der Waals surface area contributed by atoms with Gasteiger partial charge in [-0.15, -0.1) is 0 Å². The van der Waals surface area contributed by atoms with Gasteiger partial charge in [0.25, 0.3) is 0 Å². The highest BCUT2D eigenvalue weighted by molar-refractivity contribution is 5.89. The highest BCUT2D eigenvalue weighted by atomic mass is 16.5. The van der Waals surface area contributed by atoms with Crippen LogP contribution in [-0.2, 0) is 0 Å². The summed E-state index contributed by atoms with van der Waals surface area (Å²) in [4.78, 5) is 11.0. The Morgan fingerprint density at radius 1 is 1.33 bits per heavy atom. The average Bonchev–Trinajstić information content (AvgIpc) is 2.91. The zero-order chi connectivity index (χ0) is 12.5. The van der Waals surface area contributed by atoms with Crippen molar-refractivity contribution in [1.29, 1.82) is 0 Å². The largest absolute Gasteiger partial charge is 0.489 e. The molecule has 0 radical (unpaired) electrons. The Bertz CT molecular complexity index is 466. The minimum absolute atomic E-state index is 0.303. The Labute approximate surface area is 106 Å². The lowest BCUT2D eigenvalue weighted by atomic mass is 9.97. The lowest BCUT2D eigenvalue weighted by Gasteiger charge is -2.31. The third kappa shape index (κ3) is 2.03. The summed E-state index contributed by atoms with van der Waals surface area (Å²) < 4.78 is 5.73. The molecule has 2 N–H and O–H groups in total. The molecule has 1 heterocycles. The molecule has 1 aromatic rings. The smallest absolute Gasteiger partial charge is 0.335 e. The van der Waals surface area contributed by atoms with Crippen LogP contribution in [0.25, 0.3) is 0 Å². The van der Waals surface area contributed by atoms with Gasteiger partial charge >= 0.3 is 5.97 Å². The van der Waals surface area contributed by atoms with E-state index in [9.17, 15) is 4.79 Å².